The molecule has 0 atom stereocenters. The van der Waals surface area contributed by atoms with Gasteiger partial charge in [-0.3, -0.25) is 0 Å². The van der Waals surface area contributed by atoms with Crippen molar-refractivity contribution in [1.29, 1.82) is 0 Å². The summed E-state index contributed by atoms with van der Waals surface area (Å²) in [6.45, 7) is 8.29. The second-order valence-corrected chi connectivity index (χ2v) is 11.1. The van der Waals surface area contributed by atoms with E-state index in [4.69, 9.17) is 4.42 Å². The fraction of sp³-hybridized carbons (Fsp3) is 0.0476. The quantitative estimate of drug-likeness (QED) is 0.178. The smallest absolute Gasteiger partial charge is 0.143 e. The van der Waals surface area contributed by atoms with E-state index in [-0.39, 0.29) is 0 Å². The Kier molecular flexibility index (Phi) is 7.17. The van der Waals surface area contributed by atoms with Crippen LogP contribution in [0.4, 0.5) is 17.1 Å². The van der Waals surface area contributed by atoms with Crippen LogP contribution in [0.2, 0.25) is 0 Å². The van der Waals surface area contributed by atoms with Crippen LogP contribution in [0.25, 0.3) is 49.8 Å². The van der Waals surface area contributed by atoms with E-state index >= 15 is 0 Å². The van der Waals surface area contributed by atoms with Crippen molar-refractivity contribution in [3.63, 3.8) is 0 Å². The van der Waals surface area contributed by atoms with Crippen LogP contribution in [0.15, 0.2) is 163 Å². The molecular formula is C42H33NO. The van der Waals surface area contributed by atoms with Gasteiger partial charge in [0.2, 0.25) is 0 Å². The molecule has 44 heavy (non-hydrogen) atoms. The van der Waals surface area contributed by atoms with Gasteiger partial charge in [-0.15, -0.1) is 0 Å². The van der Waals surface area contributed by atoms with E-state index in [0.29, 0.717) is 0 Å². The number of rotatable bonds is 7. The molecule has 0 radical (unpaired) electrons. The predicted molar refractivity (Wildman–Crippen MR) is 188 cm³/mol. The lowest BCUT2D eigenvalue weighted by molar-refractivity contribution is 0.670. The average Bonchev–Trinajstić information content (AvgIpc) is 3.45. The van der Waals surface area contributed by atoms with Gasteiger partial charge in [-0.25, -0.2) is 0 Å². The minimum absolute atomic E-state index is 0.909. The first-order valence-corrected chi connectivity index (χ1v) is 15.0. The molecule has 0 fully saturated rings. The summed E-state index contributed by atoms with van der Waals surface area (Å²) in [5, 5.41) is 2.28. The molecule has 7 aromatic rings. The standard InChI is InChI=1S/C42H33NO/c1-4-12-29(2)41-30(3)13-10-19-39(41)43(34-25-21-32(22-26-34)31-14-6-5-7-15-31)35-27-23-33(24-28-35)36-17-11-18-38-37-16-8-9-20-40(37)44-42(36)38/h4-28H,1H2,2-3H3/b29-12+. The van der Waals surface area contributed by atoms with Crippen molar-refractivity contribution in [2.75, 3.05) is 4.90 Å². The van der Waals surface area contributed by atoms with Crippen LogP contribution in [-0.4, -0.2) is 0 Å². The first-order chi connectivity index (χ1) is 21.6. The Bertz CT molecular complexity index is 2130. The molecule has 0 unspecified atom stereocenters. The molecule has 2 heteroatoms. The van der Waals surface area contributed by atoms with E-state index in [9.17, 15) is 0 Å². The van der Waals surface area contributed by atoms with E-state index in [1.165, 1.54) is 27.8 Å². The highest BCUT2D eigenvalue weighted by atomic mass is 16.3. The molecule has 2 nitrogen and oxygen atoms in total. The van der Waals surface area contributed by atoms with E-state index in [2.05, 4.69) is 159 Å². The summed E-state index contributed by atoms with van der Waals surface area (Å²) in [4.78, 5) is 2.35. The maximum absolute atomic E-state index is 6.36. The van der Waals surface area contributed by atoms with Crippen molar-refractivity contribution < 1.29 is 4.42 Å². The molecule has 0 spiro atoms. The molecule has 0 saturated heterocycles. The molecule has 0 amide bonds. The number of nitrogens with zero attached hydrogens (tertiary/aromatic N) is 1. The first kappa shape index (κ1) is 27.2. The van der Waals surface area contributed by atoms with Crippen LogP contribution >= 0.6 is 0 Å². The van der Waals surface area contributed by atoms with Gasteiger partial charge < -0.3 is 9.32 Å². The summed E-state index contributed by atoms with van der Waals surface area (Å²) < 4.78 is 6.36. The summed E-state index contributed by atoms with van der Waals surface area (Å²) in [7, 11) is 0. The lowest BCUT2D eigenvalue weighted by atomic mass is 9.97. The molecule has 212 valence electrons. The van der Waals surface area contributed by atoms with Crippen LogP contribution in [-0.2, 0) is 0 Å². The zero-order chi connectivity index (χ0) is 30.0. The van der Waals surface area contributed by atoms with Gasteiger partial charge >= 0.3 is 0 Å². The fourth-order valence-electron chi connectivity index (χ4n) is 6.24. The molecule has 6 aromatic carbocycles. The minimum Gasteiger partial charge on any atom is -0.455 e. The highest BCUT2D eigenvalue weighted by Crippen LogP contribution is 2.42. The molecule has 7 rings (SSSR count). The van der Waals surface area contributed by atoms with Gasteiger partial charge in [-0.2, -0.15) is 0 Å². The SMILES string of the molecule is C=C/C=C(\C)c1c(C)cccc1N(c1ccc(-c2ccccc2)cc1)c1ccc(-c2cccc3c2oc2ccccc23)cc1. The van der Waals surface area contributed by atoms with Crippen molar-refractivity contribution in [1.82, 2.24) is 0 Å². The van der Waals surface area contributed by atoms with E-state index in [1.54, 1.807) is 0 Å². The van der Waals surface area contributed by atoms with Crippen LogP contribution in [0.5, 0.6) is 0 Å². The van der Waals surface area contributed by atoms with Crippen molar-refractivity contribution in [2.45, 2.75) is 13.8 Å². The number of benzene rings is 6. The summed E-state index contributed by atoms with van der Waals surface area (Å²) >= 11 is 0. The minimum atomic E-state index is 0.909. The molecule has 1 aromatic heterocycles. The molecule has 0 saturated carbocycles. The third-order valence-electron chi connectivity index (χ3n) is 8.33. The molecular weight excluding hydrogens is 534 g/mol. The van der Waals surface area contributed by atoms with Gasteiger partial charge in [0.1, 0.15) is 11.2 Å². The maximum Gasteiger partial charge on any atom is 0.143 e. The van der Waals surface area contributed by atoms with E-state index in [1.807, 2.05) is 18.2 Å². The third-order valence-corrected chi connectivity index (χ3v) is 8.33. The van der Waals surface area contributed by atoms with Crippen molar-refractivity contribution in [3.8, 4) is 22.3 Å². The first-order valence-electron chi connectivity index (χ1n) is 15.0. The van der Waals surface area contributed by atoms with Crippen molar-refractivity contribution >= 4 is 44.6 Å². The van der Waals surface area contributed by atoms with Gasteiger partial charge in [0.15, 0.2) is 0 Å². The van der Waals surface area contributed by atoms with Gasteiger partial charge in [0, 0.05) is 33.3 Å². The number of furan rings is 1. The number of anilines is 3. The zero-order valence-corrected chi connectivity index (χ0v) is 25.0. The molecule has 0 N–H and O–H groups in total. The second kappa shape index (κ2) is 11.6. The Hall–Kier alpha value is -5.60. The molecule has 1 heterocycles. The number of allylic oxidation sites excluding steroid dienone is 3. The number of hydrogen-bond acceptors (Lipinski definition) is 2. The molecule has 0 aliphatic heterocycles. The average molecular weight is 568 g/mol. The van der Waals surface area contributed by atoms with Crippen LogP contribution in [0.3, 0.4) is 0 Å². The van der Waals surface area contributed by atoms with Crippen molar-refractivity contribution in [2.24, 2.45) is 0 Å². The number of hydrogen-bond donors (Lipinski definition) is 0. The Morgan fingerprint density at radius 2 is 1.23 bits per heavy atom. The predicted octanol–water partition coefficient (Wildman–Crippen LogP) is 12.3. The van der Waals surface area contributed by atoms with Crippen LogP contribution in [0, 0.1) is 6.92 Å². The second-order valence-electron chi connectivity index (χ2n) is 11.1. The number of para-hydroxylation sites is 2. The summed E-state index contributed by atoms with van der Waals surface area (Å²) in [5.74, 6) is 0. The van der Waals surface area contributed by atoms with Gasteiger partial charge in [0.05, 0.1) is 5.69 Å². The maximum atomic E-state index is 6.36. The Morgan fingerprint density at radius 3 is 1.95 bits per heavy atom. The summed E-state index contributed by atoms with van der Waals surface area (Å²) in [6, 6.07) is 49.3. The van der Waals surface area contributed by atoms with E-state index < -0.39 is 0 Å². The number of fused-ring (bicyclic) bond motifs is 3. The van der Waals surface area contributed by atoms with Gasteiger partial charge in [0.25, 0.3) is 0 Å². The topological polar surface area (TPSA) is 16.4 Å². The monoisotopic (exact) mass is 567 g/mol. The lowest BCUT2D eigenvalue weighted by Crippen LogP contribution is -2.12. The Balaban J connectivity index is 1.36. The lowest BCUT2D eigenvalue weighted by Gasteiger charge is -2.29. The number of aryl methyl sites for hydroxylation is 1. The van der Waals surface area contributed by atoms with Crippen LogP contribution < -0.4 is 4.90 Å². The highest BCUT2D eigenvalue weighted by molar-refractivity contribution is 6.09. The summed E-state index contributed by atoms with van der Waals surface area (Å²) in [6.07, 6.45) is 3.94. The largest absolute Gasteiger partial charge is 0.455 e. The Labute approximate surface area is 258 Å². The normalized spacial score (nSPS) is 11.6. The fourth-order valence-corrected chi connectivity index (χ4v) is 6.24. The third kappa shape index (κ3) is 4.91. The van der Waals surface area contributed by atoms with Crippen LogP contribution in [0.1, 0.15) is 18.1 Å². The van der Waals surface area contributed by atoms with Gasteiger partial charge in [-0.05, 0) is 78.1 Å². The zero-order valence-electron chi connectivity index (χ0n) is 25.0. The summed E-state index contributed by atoms with van der Waals surface area (Å²) in [5.41, 5.74) is 13.3. The molecule has 0 aliphatic carbocycles. The molecule has 0 aliphatic rings. The highest BCUT2D eigenvalue weighted by Gasteiger charge is 2.19. The Morgan fingerprint density at radius 1 is 0.614 bits per heavy atom. The van der Waals surface area contributed by atoms with Gasteiger partial charge in [-0.1, -0.05) is 122 Å². The van der Waals surface area contributed by atoms with E-state index in [0.717, 1.165) is 50.1 Å². The molecule has 0 bridgehead atoms. The van der Waals surface area contributed by atoms with Crippen molar-refractivity contribution in [3.05, 3.63) is 169 Å².